The molecule has 30 heavy (non-hydrogen) atoms. The molecule has 2 amide bonds. The molecule has 2 rings (SSSR count). The Labute approximate surface area is 183 Å². The number of para-hydroxylation sites is 1. The third-order valence-electron chi connectivity index (χ3n) is 4.70. The first-order valence-corrected chi connectivity index (χ1v) is 10.4. The van der Waals surface area contributed by atoms with Gasteiger partial charge in [-0.25, -0.2) is 0 Å². The molecule has 7 heteroatoms. The van der Waals surface area contributed by atoms with Crippen LogP contribution < -0.4 is 14.8 Å². The summed E-state index contributed by atoms with van der Waals surface area (Å²) in [6, 6.07) is 13.7. The number of benzene rings is 2. The van der Waals surface area contributed by atoms with E-state index in [1.54, 1.807) is 38.3 Å². The summed E-state index contributed by atoms with van der Waals surface area (Å²) in [5.41, 5.74) is 0.884. The fraction of sp³-hybridized carbons (Fsp3) is 0.391. The van der Waals surface area contributed by atoms with Crippen LogP contribution in [-0.2, 0) is 16.1 Å². The molecule has 6 nitrogen and oxygen atoms in total. The van der Waals surface area contributed by atoms with Crippen molar-refractivity contribution in [3.63, 3.8) is 0 Å². The van der Waals surface area contributed by atoms with E-state index < -0.39 is 6.04 Å². The number of nitrogens with zero attached hydrogens (tertiary/aromatic N) is 1. The number of halogens is 1. The van der Waals surface area contributed by atoms with Crippen LogP contribution in [0.1, 0.15) is 32.3 Å². The Morgan fingerprint density at radius 2 is 1.83 bits per heavy atom. The SMILES string of the molecule is CCCCNC(=O)[C@H](C)N(Cc1ccc(OC)cc1)C(=O)COc1ccccc1Cl. The number of amides is 2. The molecule has 0 spiro atoms. The van der Waals surface area contributed by atoms with Gasteiger partial charge in [0.15, 0.2) is 6.61 Å². The number of nitrogens with one attached hydrogen (secondary N) is 1. The van der Waals surface area contributed by atoms with Crippen molar-refractivity contribution in [1.29, 1.82) is 0 Å². The van der Waals surface area contributed by atoms with E-state index in [1.807, 2.05) is 24.3 Å². The molecule has 0 radical (unpaired) electrons. The normalized spacial score (nSPS) is 11.5. The fourth-order valence-corrected chi connectivity index (χ4v) is 3.02. The molecular formula is C23H29ClN2O4. The summed E-state index contributed by atoms with van der Waals surface area (Å²) >= 11 is 6.10. The largest absolute Gasteiger partial charge is 0.497 e. The van der Waals surface area contributed by atoms with Crippen LogP contribution in [0.25, 0.3) is 0 Å². The lowest BCUT2D eigenvalue weighted by Gasteiger charge is -2.29. The summed E-state index contributed by atoms with van der Waals surface area (Å²) in [5.74, 6) is 0.660. The first-order valence-electron chi connectivity index (χ1n) is 10.0. The van der Waals surface area contributed by atoms with Crippen molar-refractivity contribution in [3.05, 3.63) is 59.1 Å². The minimum Gasteiger partial charge on any atom is -0.497 e. The summed E-state index contributed by atoms with van der Waals surface area (Å²) in [5, 5.41) is 3.32. The molecule has 1 N–H and O–H groups in total. The fourth-order valence-electron chi connectivity index (χ4n) is 2.83. The summed E-state index contributed by atoms with van der Waals surface area (Å²) in [6.07, 6.45) is 1.87. The Kier molecular flexibility index (Phi) is 9.48. The van der Waals surface area contributed by atoms with Crippen molar-refractivity contribution in [2.75, 3.05) is 20.3 Å². The van der Waals surface area contributed by atoms with E-state index in [2.05, 4.69) is 12.2 Å². The summed E-state index contributed by atoms with van der Waals surface area (Å²) < 4.78 is 10.8. The van der Waals surface area contributed by atoms with Gasteiger partial charge in [-0.3, -0.25) is 9.59 Å². The Hall–Kier alpha value is -2.73. The van der Waals surface area contributed by atoms with Crippen LogP contribution in [0.5, 0.6) is 11.5 Å². The maximum absolute atomic E-state index is 13.0. The minimum atomic E-state index is -0.647. The molecule has 0 aliphatic carbocycles. The van der Waals surface area contributed by atoms with Gasteiger partial charge in [-0.05, 0) is 43.2 Å². The molecule has 0 aliphatic rings. The van der Waals surface area contributed by atoms with E-state index in [0.29, 0.717) is 17.3 Å². The van der Waals surface area contributed by atoms with Crippen LogP contribution in [0.4, 0.5) is 0 Å². The minimum absolute atomic E-state index is 0.192. The van der Waals surface area contributed by atoms with Crippen molar-refractivity contribution in [3.8, 4) is 11.5 Å². The van der Waals surface area contributed by atoms with Gasteiger partial charge in [-0.15, -0.1) is 0 Å². The van der Waals surface area contributed by atoms with E-state index in [9.17, 15) is 9.59 Å². The Bertz CT molecular complexity index is 826. The molecule has 1 atom stereocenters. The number of carbonyl (C=O) groups is 2. The van der Waals surface area contributed by atoms with Crippen molar-refractivity contribution in [2.45, 2.75) is 39.3 Å². The van der Waals surface area contributed by atoms with Gasteiger partial charge in [0.1, 0.15) is 17.5 Å². The topological polar surface area (TPSA) is 67.9 Å². The third kappa shape index (κ3) is 6.95. The number of hydrogen-bond acceptors (Lipinski definition) is 4. The van der Waals surface area contributed by atoms with Gasteiger partial charge in [0.2, 0.25) is 5.91 Å². The average Bonchev–Trinajstić information content (AvgIpc) is 2.76. The quantitative estimate of drug-likeness (QED) is 0.544. The number of rotatable bonds is 11. The van der Waals surface area contributed by atoms with Crippen LogP contribution in [0.3, 0.4) is 0 Å². The maximum Gasteiger partial charge on any atom is 0.261 e. The van der Waals surface area contributed by atoms with E-state index in [1.165, 1.54) is 4.90 Å². The lowest BCUT2D eigenvalue weighted by atomic mass is 10.1. The van der Waals surface area contributed by atoms with E-state index in [-0.39, 0.29) is 25.0 Å². The number of methoxy groups -OCH3 is 1. The molecule has 0 bridgehead atoms. The Morgan fingerprint density at radius 3 is 2.47 bits per heavy atom. The lowest BCUT2D eigenvalue weighted by molar-refractivity contribution is -0.142. The number of ether oxygens (including phenoxy) is 2. The van der Waals surface area contributed by atoms with Gasteiger partial charge >= 0.3 is 0 Å². The zero-order valence-electron chi connectivity index (χ0n) is 17.7. The van der Waals surface area contributed by atoms with Crippen molar-refractivity contribution >= 4 is 23.4 Å². The first kappa shape index (κ1) is 23.5. The highest BCUT2D eigenvalue weighted by Crippen LogP contribution is 2.23. The molecule has 0 aromatic heterocycles. The zero-order valence-corrected chi connectivity index (χ0v) is 18.4. The van der Waals surface area contributed by atoms with Crippen LogP contribution in [0.15, 0.2) is 48.5 Å². The maximum atomic E-state index is 13.0. The second-order valence-corrected chi connectivity index (χ2v) is 7.32. The van der Waals surface area contributed by atoms with Crippen molar-refractivity contribution in [2.24, 2.45) is 0 Å². The van der Waals surface area contributed by atoms with Crippen molar-refractivity contribution in [1.82, 2.24) is 10.2 Å². The molecule has 0 unspecified atom stereocenters. The molecule has 0 saturated heterocycles. The van der Waals surface area contributed by atoms with Crippen LogP contribution in [-0.4, -0.2) is 43.0 Å². The highest BCUT2D eigenvalue weighted by Gasteiger charge is 2.26. The van der Waals surface area contributed by atoms with E-state index >= 15 is 0 Å². The highest BCUT2D eigenvalue weighted by molar-refractivity contribution is 6.32. The second kappa shape index (κ2) is 12.1. The van der Waals surface area contributed by atoms with Crippen LogP contribution >= 0.6 is 11.6 Å². The molecule has 0 aliphatic heterocycles. The predicted octanol–water partition coefficient (Wildman–Crippen LogP) is 4.06. The molecular weight excluding hydrogens is 404 g/mol. The lowest BCUT2D eigenvalue weighted by Crippen LogP contribution is -2.49. The monoisotopic (exact) mass is 432 g/mol. The predicted molar refractivity (Wildman–Crippen MR) is 118 cm³/mol. The van der Waals surface area contributed by atoms with Gasteiger partial charge in [0.25, 0.3) is 5.91 Å². The van der Waals surface area contributed by atoms with Crippen LogP contribution in [0, 0.1) is 0 Å². The molecule has 0 saturated carbocycles. The Balaban J connectivity index is 2.12. The van der Waals surface area contributed by atoms with E-state index in [0.717, 1.165) is 24.2 Å². The summed E-state index contributed by atoms with van der Waals surface area (Å²) in [7, 11) is 1.60. The second-order valence-electron chi connectivity index (χ2n) is 6.91. The number of unbranched alkanes of at least 4 members (excludes halogenated alkanes) is 1. The van der Waals surface area contributed by atoms with Crippen molar-refractivity contribution < 1.29 is 19.1 Å². The number of hydrogen-bond donors (Lipinski definition) is 1. The van der Waals surface area contributed by atoms with Gasteiger partial charge in [0.05, 0.1) is 12.1 Å². The molecule has 2 aromatic rings. The Morgan fingerprint density at radius 1 is 1.13 bits per heavy atom. The van der Waals surface area contributed by atoms with Gasteiger partial charge in [-0.2, -0.15) is 0 Å². The number of carbonyl (C=O) groups excluding carboxylic acids is 2. The average molecular weight is 433 g/mol. The molecule has 0 heterocycles. The van der Waals surface area contributed by atoms with Gasteiger partial charge in [-0.1, -0.05) is 49.2 Å². The molecule has 0 fully saturated rings. The van der Waals surface area contributed by atoms with Gasteiger partial charge < -0.3 is 19.7 Å². The molecule has 162 valence electrons. The standard InChI is InChI=1S/C23H29ClN2O4/c1-4-5-14-25-23(28)17(2)26(15-18-10-12-19(29-3)13-11-18)22(27)16-30-21-9-7-6-8-20(21)24/h6-13,17H,4-5,14-16H2,1-3H3,(H,25,28)/t17-/m0/s1. The molecule has 2 aromatic carbocycles. The van der Waals surface area contributed by atoms with Crippen LogP contribution in [0.2, 0.25) is 5.02 Å². The summed E-state index contributed by atoms with van der Waals surface area (Å²) in [4.78, 5) is 27.1. The zero-order chi connectivity index (χ0) is 21.9. The first-order chi connectivity index (χ1) is 14.5. The van der Waals surface area contributed by atoms with E-state index in [4.69, 9.17) is 21.1 Å². The summed E-state index contributed by atoms with van der Waals surface area (Å²) in [6.45, 7) is 4.42. The smallest absolute Gasteiger partial charge is 0.261 e. The van der Waals surface area contributed by atoms with Gasteiger partial charge in [0, 0.05) is 13.1 Å². The third-order valence-corrected chi connectivity index (χ3v) is 5.01. The highest BCUT2D eigenvalue weighted by atomic mass is 35.5.